The molecule has 3 heterocycles. The van der Waals surface area contributed by atoms with Gasteiger partial charge in [0.1, 0.15) is 5.76 Å². The Hall–Kier alpha value is -1.33. The summed E-state index contributed by atoms with van der Waals surface area (Å²) in [6.07, 6.45) is 3.75. The second kappa shape index (κ2) is 4.65. The van der Waals surface area contributed by atoms with Crippen LogP contribution in [0.3, 0.4) is 0 Å². The van der Waals surface area contributed by atoms with Gasteiger partial charge < -0.3 is 14.6 Å². The van der Waals surface area contributed by atoms with E-state index >= 15 is 0 Å². The minimum Gasteiger partial charge on any atom is -0.475 e. The monoisotopic (exact) mass is 265 g/mol. The first kappa shape index (κ1) is 12.7. The Morgan fingerprint density at radius 3 is 2.58 bits per heavy atom. The molecule has 1 aromatic rings. The van der Waals surface area contributed by atoms with Gasteiger partial charge in [0, 0.05) is 24.2 Å². The second-order valence-electron chi connectivity index (χ2n) is 5.68. The summed E-state index contributed by atoms with van der Waals surface area (Å²) in [6, 6.07) is 2.48. The van der Waals surface area contributed by atoms with Gasteiger partial charge in [-0.25, -0.2) is 4.79 Å². The maximum Gasteiger partial charge on any atom is 0.371 e. The van der Waals surface area contributed by atoms with Crippen molar-refractivity contribution >= 4 is 5.97 Å². The Labute approximate surface area is 111 Å². The van der Waals surface area contributed by atoms with Gasteiger partial charge in [-0.2, -0.15) is 0 Å². The predicted octanol–water partition coefficient (Wildman–Crippen LogP) is 1.77. The summed E-state index contributed by atoms with van der Waals surface area (Å²) in [7, 11) is 0. The molecular formula is C14H19NO4. The second-order valence-corrected chi connectivity index (χ2v) is 5.68. The lowest BCUT2D eigenvalue weighted by molar-refractivity contribution is 0.0308. The maximum atomic E-state index is 10.9. The van der Waals surface area contributed by atoms with E-state index in [2.05, 4.69) is 4.90 Å². The molecule has 0 aromatic carbocycles. The number of hydrogen-bond acceptors (Lipinski definition) is 4. The van der Waals surface area contributed by atoms with Crippen molar-refractivity contribution in [3.8, 4) is 0 Å². The van der Waals surface area contributed by atoms with Gasteiger partial charge in [0.05, 0.1) is 6.10 Å². The standard InChI is InChI=1S/C14H19NO4/c1-8-9(4-13(19-8)14(17)18)7-15-10-2-3-11(15)6-12(16)5-10/h4,10-12,16H,2-3,5-7H2,1H3,(H,17,18). The molecule has 2 bridgehead atoms. The molecule has 19 heavy (non-hydrogen) atoms. The molecule has 2 unspecified atom stereocenters. The summed E-state index contributed by atoms with van der Waals surface area (Å²) in [5.41, 5.74) is 0.950. The molecule has 2 fully saturated rings. The quantitative estimate of drug-likeness (QED) is 0.871. The van der Waals surface area contributed by atoms with Crippen molar-refractivity contribution in [2.75, 3.05) is 0 Å². The SMILES string of the molecule is Cc1oc(C(=O)O)cc1CN1C2CCC1CC(O)C2. The highest BCUT2D eigenvalue weighted by Crippen LogP contribution is 2.37. The van der Waals surface area contributed by atoms with E-state index in [4.69, 9.17) is 9.52 Å². The van der Waals surface area contributed by atoms with Gasteiger partial charge in [0.15, 0.2) is 0 Å². The number of furan rings is 1. The van der Waals surface area contributed by atoms with Crippen LogP contribution in [0.25, 0.3) is 0 Å². The normalized spacial score (nSPS) is 30.7. The molecule has 0 aliphatic carbocycles. The van der Waals surface area contributed by atoms with E-state index in [1.165, 1.54) is 0 Å². The lowest BCUT2D eigenvalue weighted by Gasteiger charge is -2.37. The van der Waals surface area contributed by atoms with Gasteiger partial charge in [0.2, 0.25) is 5.76 Å². The average Bonchev–Trinajstić information content (AvgIpc) is 2.80. The maximum absolute atomic E-state index is 10.9. The number of hydrogen-bond donors (Lipinski definition) is 2. The molecule has 5 nitrogen and oxygen atoms in total. The zero-order valence-corrected chi connectivity index (χ0v) is 11.0. The first-order chi connectivity index (χ1) is 9.04. The summed E-state index contributed by atoms with van der Waals surface area (Å²) in [6.45, 7) is 2.53. The molecule has 2 aliphatic rings. The summed E-state index contributed by atoms with van der Waals surface area (Å²) in [4.78, 5) is 13.3. The van der Waals surface area contributed by atoms with E-state index in [1.807, 2.05) is 6.92 Å². The van der Waals surface area contributed by atoms with Crippen molar-refractivity contribution in [3.63, 3.8) is 0 Å². The number of piperidine rings is 1. The number of aliphatic hydroxyl groups excluding tert-OH is 1. The van der Waals surface area contributed by atoms with Crippen LogP contribution in [-0.4, -0.2) is 39.3 Å². The third-order valence-corrected chi connectivity index (χ3v) is 4.44. The highest BCUT2D eigenvalue weighted by Gasteiger charge is 2.40. The van der Waals surface area contributed by atoms with Gasteiger partial charge in [-0.3, -0.25) is 4.90 Å². The van der Waals surface area contributed by atoms with Gasteiger partial charge >= 0.3 is 5.97 Å². The molecule has 2 aliphatic heterocycles. The first-order valence-corrected chi connectivity index (χ1v) is 6.81. The highest BCUT2D eigenvalue weighted by atomic mass is 16.4. The summed E-state index contributed by atoms with van der Waals surface area (Å²) in [5.74, 6) is -0.328. The lowest BCUT2D eigenvalue weighted by atomic mass is 9.99. The van der Waals surface area contributed by atoms with Crippen LogP contribution in [0.5, 0.6) is 0 Å². The molecular weight excluding hydrogens is 246 g/mol. The Balaban J connectivity index is 1.77. The van der Waals surface area contributed by atoms with E-state index in [1.54, 1.807) is 6.07 Å². The number of carboxylic acid groups (broad SMARTS) is 1. The number of fused-ring (bicyclic) bond motifs is 2. The van der Waals surface area contributed by atoms with Crippen LogP contribution >= 0.6 is 0 Å². The highest BCUT2D eigenvalue weighted by molar-refractivity contribution is 5.84. The number of carboxylic acids is 1. The molecule has 2 N–H and O–H groups in total. The van der Waals surface area contributed by atoms with Crippen LogP contribution in [0.1, 0.15) is 47.6 Å². The molecule has 0 amide bonds. The Kier molecular flexibility index (Phi) is 3.11. The van der Waals surface area contributed by atoms with Crippen molar-refractivity contribution in [1.29, 1.82) is 0 Å². The zero-order valence-electron chi connectivity index (χ0n) is 11.0. The number of aromatic carboxylic acids is 1. The Morgan fingerprint density at radius 1 is 1.42 bits per heavy atom. The number of carbonyl (C=O) groups is 1. The topological polar surface area (TPSA) is 73.9 Å². The number of rotatable bonds is 3. The van der Waals surface area contributed by atoms with Gasteiger partial charge in [-0.15, -0.1) is 0 Å². The third kappa shape index (κ3) is 2.28. The van der Waals surface area contributed by atoms with Crippen molar-refractivity contribution in [3.05, 3.63) is 23.2 Å². The minimum absolute atomic E-state index is 0.0110. The van der Waals surface area contributed by atoms with E-state index in [-0.39, 0.29) is 11.9 Å². The van der Waals surface area contributed by atoms with E-state index in [0.29, 0.717) is 17.8 Å². The van der Waals surface area contributed by atoms with Gasteiger partial charge in [0.25, 0.3) is 0 Å². The van der Waals surface area contributed by atoms with Crippen molar-refractivity contribution in [2.45, 2.75) is 57.3 Å². The average molecular weight is 265 g/mol. The fourth-order valence-corrected chi connectivity index (χ4v) is 3.48. The lowest BCUT2D eigenvalue weighted by Crippen LogP contribution is -2.44. The van der Waals surface area contributed by atoms with Crippen LogP contribution in [-0.2, 0) is 6.54 Å². The van der Waals surface area contributed by atoms with Crippen molar-refractivity contribution < 1.29 is 19.4 Å². The molecule has 0 saturated carbocycles. The summed E-state index contributed by atoms with van der Waals surface area (Å²) < 4.78 is 5.25. The summed E-state index contributed by atoms with van der Waals surface area (Å²) >= 11 is 0. The fraction of sp³-hybridized carbons (Fsp3) is 0.643. The molecule has 1 aromatic heterocycles. The molecule has 2 atom stereocenters. The first-order valence-electron chi connectivity index (χ1n) is 6.81. The smallest absolute Gasteiger partial charge is 0.371 e. The fourth-order valence-electron chi connectivity index (χ4n) is 3.48. The van der Waals surface area contributed by atoms with Crippen LogP contribution < -0.4 is 0 Å². The molecule has 3 rings (SSSR count). The van der Waals surface area contributed by atoms with E-state index < -0.39 is 5.97 Å². The van der Waals surface area contributed by atoms with E-state index in [0.717, 1.165) is 37.8 Å². The number of aryl methyl sites for hydroxylation is 1. The van der Waals surface area contributed by atoms with Crippen LogP contribution in [0, 0.1) is 6.92 Å². The molecule has 5 heteroatoms. The van der Waals surface area contributed by atoms with Crippen molar-refractivity contribution in [1.82, 2.24) is 4.90 Å². The zero-order chi connectivity index (χ0) is 13.6. The largest absolute Gasteiger partial charge is 0.475 e. The van der Waals surface area contributed by atoms with Crippen LogP contribution in [0.2, 0.25) is 0 Å². The van der Waals surface area contributed by atoms with Crippen LogP contribution in [0.15, 0.2) is 10.5 Å². The van der Waals surface area contributed by atoms with Crippen molar-refractivity contribution in [2.24, 2.45) is 0 Å². The van der Waals surface area contributed by atoms with Crippen LogP contribution in [0.4, 0.5) is 0 Å². The molecule has 0 spiro atoms. The number of aliphatic hydroxyl groups is 1. The molecule has 0 radical (unpaired) electrons. The third-order valence-electron chi connectivity index (χ3n) is 4.44. The van der Waals surface area contributed by atoms with Gasteiger partial charge in [-0.05, 0) is 38.7 Å². The minimum atomic E-state index is -1.02. The predicted molar refractivity (Wildman–Crippen MR) is 68.0 cm³/mol. The summed E-state index contributed by atoms with van der Waals surface area (Å²) in [5, 5.41) is 18.7. The Morgan fingerprint density at radius 2 is 2.05 bits per heavy atom. The Bertz CT molecular complexity index is 482. The molecule has 104 valence electrons. The van der Waals surface area contributed by atoms with E-state index in [9.17, 15) is 9.90 Å². The molecule has 2 saturated heterocycles. The van der Waals surface area contributed by atoms with Gasteiger partial charge in [-0.1, -0.05) is 0 Å². The number of nitrogens with zero attached hydrogens (tertiary/aromatic N) is 1.